The summed E-state index contributed by atoms with van der Waals surface area (Å²) in [5.74, 6) is -2.34. The number of aryl methyl sites for hydroxylation is 1. The van der Waals surface area contributed by atoms with Crippen molar-refractivity contribution < 1.29 is 23.6 Å². The minimum absolute atomic E-state index is 0.134. The van der Waals surface area contributed by atoms with Crippen molar-refractivity contribution in [1.29, 1.82) is 0 Å². The van der Waals surface area contributed by atoms with Gasteiger partial charge in [-0.1, -0.05) is 25.5 Å². The van der Waals surface area contributed by atoms with Crippen molar-refractivity contribution in [2.24, 2.45) is 5.92 Å². The molecule has 2 fully saturated rings. The number of likely N-dealkylation sites (tertiary alicyclic amines) is 1. The maximum Gasteiger partial charge on any atom is 0.331 e. The van der Waals surface area contributed by atoms with Crippen molar-refractivity contribution in [2.45, 2.75) is 45.2 Å². The molecule has 1 atom stereocenters. The Bertz CT molecular complexity index is 1290. The van der Waals surface area contributed by atoms with Crippen LogP contribution in [0.2, 0.25) is 0 Å². The SMILES string of the molecule is Cc1ccc(F)c(C(=O)N[C@@H](C(=O)N2CCC3(CC2)C(=O)N(C)C(=O)N3c2ccc(=O)[nH]c2)C(C)C)c1. The van der Waals surface area contributed by atoms with Crippen molar-refractivity contribution in [2.75, 3.05) is 25.0 Å². The monoisotopic (exact) mass is 511 g/mol. The second-order valence-corrected chi connectivity index (χ2v) is 9.93. The molecule has 196 valence electrons. The maximum atomic E-state index is 14.3. The van der Waals surface area contributed by atoms with Crippen molar-refractivity contribution in [1.82, 2.24) is 20.1 Å². The molecule has 1 aromatic heterocycles. The van der Waals surface area contributed by atoms with Crippen LogP contribution in [0.5, 0.6) is 0 Å². The summed E-state index contributed by atoms with van der Waals surface area (Å²) in [6.45, 7) is 5.65. The molecule has 1 aromatic carbocycles. The molecule has 0 unspecified atom stereocenters. The van der Waals surface area contributed by atoms with Gasteiger partial charge in [0.25, 0.3) is 11.8 Å². The fourth-order valence-corrected chi connectivity index (χ4v) is 5.00. The topological polar surface area (TPSA) is 123 Å². The molecule has 0 radical (unpaired) electrons. The predicted molar refractivity (Wildman–Crippen MR) is 133 cm³/mol. The Morgan fingerprint density at radius 1 is 1.08 bits per heavy atom. The predicted octanol–water partition coefficient (Wildman–Crippen LogP) is 2.04. The highest BCUT2D eigenvalue weighted by atomic mass is 19.1. The number of rotatable bonds is 5. The van der Waals surface area contributed by atoms with Crippen LogP contribution in [0.1, 0.15) is 42.6 Å². The van der Waals surface area contributed by atoms with Gasteiger partial charge in [-0.25, -0.2) is 9.18 Å². The molecule has 0 aliphatic carbocycles. The van der Waals surface area contributed by atoms with Crippen molar-refractivity contribution >= 4 is 29.4 Å². The molecule has 2 aliphatic heterocycles. The van der Waals surface area contributed by atoms with Gasteiger partial charge in [0.05, 0.1) is 11.3 Å². The highest BCUT2D eigenvalue weighted by molar-refractivity contribution is 6.16. The number of hydrogen-bond donors (Lipinski definition) is 2. The molecule has 11 heteroatoms. The van der Waals surface area contributed by atoms with Gasteiger partial charge in [-0.2, -0.15) is 0 Å². The van der Waals surface area contributed by atoms with E-state index >= 15 is 0 Å². The lowest BCUT2D eigenvalue weighted by Crippen LogP contribution is -2.60. The molecule has 10 nitrogen and oxygen atoms in total. The first-order valence-corrected chi connectivity index (χ1v) is 12.1. The largest absolute Gasteiger partial charge is 0.341 e. The Morgan fingerprint density at radius 2 is 1.76 bits per heavy atom. The second-order valence-electron chi connectivity index (χ2n) is 9.93. The number of imide groups is 1. The average molecular weight is 512 g/mol. The number of carbonyl (C=O) groups is 4. The van der Waals surface area contributed by atoms with E-state index in [1.807, 2.05) is 0 Å². The number of halogens is 1. The van der Waals surface area contributed by atoms with Crippen LogP contribution in [0, 0.1) is 18.7 Å². The third kappa shape index (κ3) is 4.61. The molecule has 0 saturated carbocycles. The maximum absolute atomic E-state index is 14.3. The number of nitrogens with one attached hydrogen (secondary N) is 2. The highest BCUT2D eigenvalue weighted by Crippen LogP contribution is 2.39. The molecule has 2 aromatic rings. The number of aromatic nitrogens is 1. The zero-order valence-corrected chi connectivity index (χ0v) is 21.2. The Labute approximate surface area is 213 Å². The Hall–Kier alpha value is -4.02. The van der Waals surface area contributed by atoms with E-state index in [4.69, 9.17) is 0 Å². The summed E-state index contributed by atoms with van der Waals surface area (Å²) >= 11 is 0. The average Bonchev–Trinajstić information content (AvgIpc) is 3.05. The van der Waals surface area contributed by atoms with Gasteiger partial charge < -0.3 is 15.2 Å². The standard InChI is InChI=1S/C26H30FN5O5/c1-15(2)21(29-22(34)18-13-16(3)5-7-19(18)27)23(35)31-11-9-26(10-12-31)24(36)30(4)25(37)32(26)17-6-8-20(33)28-14-17/h5-8,13-15,21H,9-12H2,1-4H3,(H,28,33)(H,29,34)/t21-/m1/s1. The van der Waals surface area contributed by atoms with Gasteiger partial charge in [-0.3, -0.25) is 29.0 Å². The Balaban J connectivity index is 1.53. The molecule has 2 aliphatic rings. The minimum atomic E-state index is -1.19. The minimum Gasteiger partial charge on any atom is -0.341 e. The number of anilines is 1. The molecule has 3 heterocycles. The highest BCUT2D eigenvalue weighted by Gasteiger charge is 2.58. The molecule has 0 bridgehead atoms. The van der Waals surface area contributed by atoms with E-state index in [1.165, 1.54) is 42.4 Å². The Kier molecular flexibility index (Phi) is 6.90. The van der Waals surface area contributed by atoms with Crippen LogP contribution >= 0.6 is 0 Å². The zero-order valence-electron chi connectivity index (χ0n) is 21.2. The summed E-state index contributed by atoms with van der Waals surface area (Å²) in [7, 11) is 1.41. The summed E-state index contributed by atoms with van der Waals surface area (Å²) < 4.78 is 14.3. The number of urea groups is 1. The number of likely N-dealkylation sites (N-methyl/N-ethyl adjacent to an activating group) is 1. The van der Waals surface area contributed by atoms with Crippen molar-refractivity contribution in [3.05, 3.63) is 63.8 Å². The van der Waals surface area contributed by atoms with Crippen LogP contribution in [-0.2, 0) is 9.59 Å². The van der Waals surface area contributed by atoms with Gasteiger partial charge in [0, 0.05) is 32.4 Å². The van der Waals surface area contributed by atoms with E-state index in [9.17, 15) is 28.4 Å². The van der Waals surface area contributed by atoms with E-state index in [-0.39, 0.29) is 54.8 Å². The third-order valence-corrected chi connectivity index (χ3v) is 7.12. The lowest BCUT2D eigenvalue weighted by Gasteiger charge is -2.43. The van der Waals surface area contributed by atoms with E-state index in [2.05, 4.69) is 10.3 Å². The van der Waals surface area contributed by atoms with Crippen LogP contribution in [-0.4, -0.2) is 70.3 Å². The number of carbonyl (C=O) groups excluding carboxylic acids is 4. The van der Waals surface area contributed by atoms with Crippen molar-refractivity contribution in [3.63, 3.8) is 0 Å². The summed E-state index contributed by atoms with van der Waals surface area (Å²) in [6.07, 6.45) is 1.75. The van der Waals surface area contributed by atoms with Crippen molar-refractivity contribution in [3.8, 4) is 0 Å². The summed E-state index contributed by atoms with van der Waals surface area (Å²) in [6, 6.07) is 5.56. The van der Waals surface area contributed by atoms with Gasteiger partial charge >= 0.3 is 6.03 Å². The molecule has 5 amide bonds. The van der Waals surface area contributed by atoms with Crippen LogP contribution in [0.25, 0.3) is 0 Å². The molecular weight excluding hydrogens is 481 g/mol. The normalized spacial score (nSPS) is 18.1. The summed E-state index contributed by atoms with van der Waals surface area (Å²) in [5, 5.41) is 2.68. The van der Waals surface area contributed by atoms with Crippen LogP contribution in [0.15, 0.2) is 41.3 Å². The van der Waals surface area contributed by atoms with Gasteiger partial charge in [0.15, 0.2) is 0 Å². The number of benzene rings is 1. The van der Waals surface area contributed by atoms with Gasteiger partial charge in [-0.05, 0) is 43.9 Å². The van der Waals surface area contributed by atoms with Crippen LogP contribution in [0.4, 0.5) is 14.9 Å². The number of amides is 5. The van der Waals surface area contributed by atoms with Gasteiger partial charge in [-0.15, -0.1) is 0 Å². The molecule has 37 heavy (non-hydrogen) atoms. The van der Waals surface area contributed by atoms with E-state index in [0.29, 0.717) is 11.3 Å². The van der Waals surface area contributed by atoms with Crippen LogP contribution in [0.3, 0.4) is 0 Å². The van der Waals surface area contributed by atoms with E-state index in [1.54, 1.807) is 31.7 Å². The zero-order chi connectivity index (χ0) is 27.1. The molecular formula is C26H30FN5O5. The first-order valence-electron chi connectivity index (χ1n) is 12.1. The molecule has 4 rings (SSSR count). The quantitative estimate of drug-likeness (QED) is 0.595. The first kappa shape index (κ1) is 26.1. The lowest BCUT2D eigenvalue weighted by molar-refractivity contribution is -0.139. The van der Waals surface area contributed by atoms with Gasteiger partial charge in [0.2, 0.25) is 11.5 Å². The van der Waals surface area contributed by atoms with E-state index in [0.717, 1.165) is 4.90 Å². The summed E-state index contributed by atoms with van der Waals surface area (Å²) in [4.78, 5) is 70.5. The number of hydrogen-bond acceptors (Lipinski definition) is 5. The number of pyridine rings is 1. The molecule has 2 saturated heterocycles. The fourth-order valence-electron chi connectivity index (χ4n) is 5.00. The first-order chi connectivity index (χ1) is 17.5. The second kappa shape index (κ2) is 9.79. The Morgan fingerprint density at radius 3 is 2.35 bits per heavy atom. The number of piperidine rings is 1. The number of nitrogens with zero attached hydrogens (tertiary/aromatic N) is 3. The fraction of sp³-hybridized carbons (Fsp3) is 0.423. The number of aromatic amines is 1. The molecule has 2 N–H and O–H groups in total. The summed E-state index contributed by atoms with van der Waals surface area (Å²) in [5.41, 5.74) is -0.562. The lowest BCUT2D eigenvalue weighted by atomic mass is 9.85. The smallest absolute Gasteiger partial charge is 0.331 e. The van der Waals surface area contributed by atoms with Gasteiger partial charge in [0.1, 0.15) is 17.4 Å². The van der Waals surface area contributed by atoms with Crippen LogP contribution < -0.4 is 15.8 Å². The number of H-pyrrole nitrogens is 1. The van der Waals surface area contributed by atoms with E-state index < -0.39 is 29.3 Å². The third-order valence-electron chi connectivity index (χ3n) is 7.12. The molecule has 1 spiro atoms.